The average Bonchev–Trinajstić information content (AvgIpc) is 2.27. The molecule has 3 nitrogen and oxygen atoms in total. The molecular formula is C15H21NO2. The fourth-order valence-electron chi connectivity index (χ4n) is 2.54. The molecule has 1 heterocycles. The number of fused-ring (bicyclic) bond motifs is 1. The lowest BCUT2D eigenvalue weighted by Gasteiger charge is -2.34. The van der Waals surface area contributed by atoms with Gasteiger partial charge in [0.05, 0.1) is 0 Å². The maximum Gasteiger partial charge on any atom is 0.326 e. The van der Waals surface area contributed by atoms with E-state index in [0.717, 1.165) is 12.1 Å². The predicted molar refractivity (Wildman–Crippen MR) is 73.3 cm³/mol. The number of hydrogen-bond donors (Lipinski definition) is 1. The van der Waals surface area contributed by atoms with Crippen LogP contribution in [0.2, 0.25) is 0 Å². The van der Waals surface area contributed by atoms with Crippen molar-refractivity contribution in [2.75, 3.05) is 11.9 Å². The lowest BCUT2D eigenvalue weighted by atomic mass is 9.84. The summed E-state index contributed by atoms with van der Waals surface area (Å²) in [6.45, 7) is 6.59. The Kier molecular flexibility index (Phi) is 3.09. The largest absolute Gasteiger partial charge is 0.480 e. The van der Waals surface area contributed by atoms with E-state index in [1.54, 1.807) is 0 Å². The lowest BCUT2D eigenvalue weighted by molar-refractivity contribution is -0.138. The first-order chi connectivity index (χ1) is 8.30. The molecule has 1 aromatic carbocycles. The molecule has 98 valence electrons. The van der Waals surface area contributed by atoms with Crippen LogP contribution in [-0.4, -0.2) is 24.2 Å². The van der Waals surface area contributed by atoms with Gasteiger partial charge in [-0.25, -0.2) is 4.79 Å². The molecule has 1 unspecified atom stereocenters. The van der Waals surface area contributed by atoms with Crippen LogP contribution in [0, 0.1) is 0 Å². The van der Waals surface area contributed by atoms with Crippen LogP contribution < -0.4 is 4.90 Å². The third-order valence-corrected chi connectivity index (χ3v) is 3.77. The Hall–Kier alpha value is -1.51. The zero-order valence-corrected chi connectivity index (χ0v) is 11.5. The van der Waals surface area contributed by atoms with E-state index in [1.165, 1.54) is 11.1 Å². The number of likely N-dealkylation sites (N-methyl/N-ethyl adjacent to an activating group) is 1. The topological polar surface area (TPSA) is 40.5 Å². The van der Waals surface area contributed by atoms with Crippen LogP contribution in [0.25, 0.3) is 0 Å². The molecule has 0 aliphatic carbocycles. The SMILES string of the molecule is CN1c2ccc(C(C)(C)C)cc2CCC1C(=O)O. The molecular weight excluding hydrogens is 226 g/mol. The molecule has 18 heavy (non-hydrogen) atoms. The zero-order chi connectivity index (χ0) is 13.5. The number of hydrogen-bond acceptors (Lipinski definition) is 2. The van der Waals surface area contributed by atoms with Gasteiger partial charge in [0.25, 0.3) is 0 Å². The van der Waals surface area contributed by atoms with E-state index in [1.807, 2.05) is 11.9 Å². The Morgan fingerprint density at radius 3 is 2.61 bits per heavy atom. The molecule has 0 amide bonds. The third-order valence-electron chi connectivity index (χ3n) is 3.77. The van der Waals surface area contributed by atoms with Crippen molar-refractivity contribution in [3.63, 3.8) is 0 Å². The molecule has 1 aromatic rings. The fourth-order valence-corrected chi connectivity index (χ4v) is 2.54. The monoisotopic (exact) mass is 247 g/mol. The van der Waals surface area contributed by atoms with Crippen LogP contribution in [0.15, 0.2) is 18.2 Å². The average molecular weight is 247 g/mol. The van der Waals surface area contributed by atoms with Crippen molar-refractivity contribution in [3.05, 3.63) is 29.3 Å². The molecule has 1 N–H and O–H groups in total. The second-order valence-electron chi connectivity index (χ2n) is 6.10. The Bertz CT molecular complexity index is 474. The van der Waals surface area contributed by atoms with Gasteiger partial charge in [-0.2, -0.15) is 0 Å². The van der Waals surface area contributed by atoms with Crippen molar-refractivity contribution in [2.45, 2.75) is 45.1 Å². The van der Waals surface area contributed by atoms with E-state index < -0.39 is 12.0 Å². The first-order valence-corrected chi connectivity index (χ1v) is 6.40. The van der Waals surface area contributed by atoms with Crippen molar-refractivity contribution in [1.82, 2.24) is 0 Å². The molecule has 1 aliphatic rings. The van der Waals surface area contributed by atoms with E-state index in [2.05, 4.69) is 39.0 Å². The van der Waals surface area contributed by atoms with Gasteiger partial charge in [0.15, 0.2) is 0 Å². The molecule has 0 fully saturated rings. The number of aryl methyl sites for hydroxylation is 1. The summed E-state index contributed by atoms with van der Waals surface area (Å²) in [7, 11) is 1.87. The van der Waals surface area contributed by atoms with Gasteiger partial charge in [-0.1, -0.05) is 32.9 Å². The van der Waals surface area contributed by atoms with Crippen LogP contribution in [-0.2, 0) is 16.6 Å². The molecule has 0 radical (unpaired) electrons. The van der Waals surface area contributed by atoms with Crippen molar-refractivity contribution in [1.29, 1.82) is 0 Å². The summed E-state index contributed by atoms with van der Waals surface area (Å²) < 4.78 is 0. The fraction of sp³-hybridized carbons (Fsp3) is 0.533. The van der Waals surface area contributed by atoms with Gasteiger partial charge >= 0.3 is 5.97 Å². The minimum absolute atomic E-state index is 0.136. The molecule has 0 saturated heterocycles. The zero-order valence-electron chi connectivity index (χ0n) is 11.5. The Labute approximate surface area is 108 Å². The smallest absolute Gasteiger partial charge is 0.326 e. The Balaban J connectivity index is 2.38. The van der Waals surface area contributed by atoms with E-state index in [0.29, 0.717) is 6.42 Å². The normalized spacial score (nSPS) is 19.6. The van der Waals surface area contributed by atoms with Gasteiger partial charge in [-0.3, -0.25) is 0 Å². The van der Waals surface area contributed by atoms with Crippen LogP contribution in [0.3, 0.4) is 0 Å². The molecule has 2 rings (SSSR count). The number of benzene rings is 1. The van der Waals surface area contributed by atoms with Gasteiger partial charge < -0.3 is 10.0 Å². The number of carbonyl (C=O) groups is 1. The van der Waals surface area contributed by atoms with E-state index in [-0.39, 0.29) is 5.41 Å². The van der Waals surface area contributed by atoms with Crippen LogP contribution >= 0.6 is 0 Å². The minimum atomic E-state index is -0.733. The summed E-state index contributed by atoms with van der Waals surface area (Å²) in [6, 6.07) is 6.01. The maximum atomic E-state index is 11.2. The van der Waals surface area contributed by atoms with Gasteiger partial charge in [0.1, 0.15) is 6.04 Å². The summed E-state index contributed by atoms with van der Waals surface area (Å²) in [6.07, 6.45) is 1.53. The molecule has 0 saturated carbocycles. The number of anilines is 1. The number of rotatable bonds is 1. The molecule has 3 heteroatoms. The lowest BCUT2D eigenvalue weighted by Crippen LogP contribution is -2.42. The number of nitrogens with zero attached hydrogens (tertiary/aromatic N) is 1. The highest BCUT2D eigenvalue weighted by atomic mass is 16.4. The molecule has 0 aromatic heterocycles. The standard InChI is InChI=1S/C15H21NO2/c1-15(2,3)11-6-8-12-10(9-11)5-7-13(14(17)18)16(12)4/h6,8-9,13H,5,7H2,1-4H3,(H,17,18). The van der Waals surface area contributed by atoms with Gasteiger partial charge in [-0.15, -0.1) is 0 Å². The number of aliphatic carboxylic acids is 1. The van der Waals surface area contributed by atoms with Crippen molar-refractivity contribution >= 4 is 11.7 Å². The quantitative estimate of drug-likeness (QED) is 0.829. The van der Waals surface area contributed by atoms with Crippen LogP contribution in [0.4, 0.5) is 5.69 Å². The van der Waals surface area contributed by atoms with E-state index >= 15 is 0 Å². The summed E-state index contributed by atoms with van der Waals surface area (Å²) >= 11 is 0. The maximum absolute atomic E-state index is 11.2. The van der Waals surface area contributed by atoms with Crippen LogP contribution in [0.1, 0.15) is 38.3 Å². The van der Waals surface area contributed by atoms with Gasteiger partial charge in [-0.05, 0) is 35.4 Å². The second-order valence-corrected chi connectivity index (χ2v) is 6.10. The first kappa shape index (κ1) is 12.9. The van der Waals surface area contributed by atoms with Crippen molar-refractivity contribution in [3.8, 4) is 0 Å². The van der Waals surface area contributed by atoms with Gasteiger partial charge in [0.2, 0.25) is 0 Å². The van der Waals surface area contributed by atoms with Crippen molar-refractivity contribution < 1.29 is 9.90 Å². The highest BCUT2D eigenvalue weighted by Gasteiger charge is 2.29. The van der Waals surface area contributed by atoms with E-state index in [4.69, 9.17) is 0 Å². The highest BCUT2D eigenvalue weighted by Crippen LogP contribution is 2.33. The van der Waals surface area contributed by atoms with E-state index in [9.17, 15) is 9.90 Å². The summed E-state index contributed by atoms with van der Waals surface area (Å²) in [5.41, 5.74) is 3.77. The Morgan fingerprint density at radius 1 is 1.39 bits per heavy atom. The molecule has 0 bridgehead atoms. The summed E-state index contributed by atoms with van der Waals surface area (Å²) in [5, 5.41) is 9.18. The third kappa shape index (κ3) is 2.22. The second kappa shape index (κ2) is 4.30. The molecule has 0 spiro atoms. The number of carboxylic acids is 1. The highest BCUT2D eigenvalue weighted by molar-refractivity contribution is 5.79. The summed E-state index contributed by atoms with van der Waals surface area (Å²) in [5.74, 6) is -0.733. The van der Waals surface area contributed by atoms with Crippen LogP contribution in [0.5, 0.6) is 0 Å². The Morgan fingerprint density at radius 2 is 2.06 bits per heavy atom. The van der Waals surface area contributed by atoms with Crippen molar-refractivity contribution in [2.24, 2.45) is 0 Å². The number of carboxylic acid groups (broad SMARTS) is 1. The minimum Gasteiger partial charge on any atom is -0.480 e. The van der Waals surface area contributed by atoms with Gasteiger partial charge in [0, 0.05) is 12.7 Å². The first-order valence-electron chi connectivity index (χ1n) is 6.40. The molecule has 1 aliphatic heterocycles. The predicted octanol–water partition coefficient (Wildman–Crippen LogP) is 2.82. The summed E-state index contributed by atoms with van der Waals surface area (Å²) in [4.78, 5) is 13.0. The molecule has 1 atom stereocenters.